The Hall–Kier alpha value is -2.16. The lowest BCUT2D eigenvalue weighted by molar-refractivity contribution is 0.310. The van der Waals surface area contributed by atoms with Gasteiger partial charge in [-0.25, -0.2) is 4.99 Å². The molecule has 6 nitrogen and oxygen atoms in total. The molecule has 7 heteroatoms. The predicted octanol–water partition coefficient (Wildman–Crippen LogP) is 3.98. The van der Waals surface area contributed by atoms with Gasteiger partial charge >= 0.3 is 0 Å². The molecule has 2 aromatic rings. The van der Waals surface area contributed by atoms with E-state index < -0.39 is 0 Å². The van der Waals surface area contributed by atoms with Crippen LogP contribution in [-0.2, 0) is 13.1 Å². The lowest BCUT2D eigenvalue weighted by Crippen LogP contribution is -2.36. The summed E-state index contributed by atoms with van der Waals surface area (Å²) in [5, 5.41) is 6.62. The molecule has 2 N–H and O–H groups in total. The first-order valence-electron chi connectivity index (χ1n) is 9.15. The topological polar surface area (TPSA) is 64.1 Å². The molecule has 2 rings (SSSR count). The van der Waals surface area contributed by atoms with Crippen LogP contribution in [0.15, 0.2) is 47.5 Å². The molecule has 0 saturated heterocycles. The summed E-state index contributed by atoms with van der Waals surface area (Å²) >= 11 is 0. The molecule has 0 aliphatic rings. The van der Waals surface area contributed by atoms with Crippen molar-refractivity contribution in [1.29, 1.82) is 0 Å². The minimum atomic E-state index is 0. The fourth-order valence-electron chi connectivity index (χ4n) is 2.53. The van der Waals surface area contributed by atoms with Crippen LogP contribution >= 0.6 is 24.0 Å². The maximum Gasteiger partial charge on any atom is 0.191 e. The van der Waals surface area contributed by atoms with E-state index in [-0.39, 0.29) is 24.0 Å². The zero-order valence-electron chi connectivity index (χ0n) is 17.0. The molecule has 0 spiro atoms. The quantitative estimate of drug-likeness (QED) is 0.311. The van der Waals surface area contributed by atoms with Gasteiger partial charge in [0.2, 0.25) is 0 Å². The zero-order valence-corrected chi connectivity index (χ0v) is 19.3. The number of hydrogen-bond donors (Lipinski definition) is 2. The van der Waals surface area contributed by atoms with Gasteiger partial charge in [0.05, 0.1) is 27.4 Å². The number of ether oxygens (including phenoxy) is 3. The highest BCUT2D eigenvalue weighted by molar-refractivity contribution is 14.0. The lowest BCUT2D eigenvalue weighted by Gasteiger charge is -2.13. The maximum absolute atomic E-state index is 5.63. The number of aliphatic imine (C=N–C) groups is 1. The van der Waals surface area contributed by atoms with Crippen LogP contribution in [0, 0.1) is 0 Å². The van der Waals surface area contributed by atoms with E-state index in [0.29, 0.717) is 19.7 Å². The highest BCUT2D eigenvalue weighted by Gasteiger charge is 2.06. The number of benzene rings is 2. The van der Waals surface area contributed by atoms with Crippen molar-refractivity contribution in [3.63, 3.8) is 0 Å². The number of guanidine groups is 1. The molecule has 0 aliphatic heterocycles. The molecule has 2 aromatic carbocycles. The molecule has 154 valence electrons. The van der Waals surface area contributed by atoms with Crippen molar-refractivity contribution in [3.8, 4) is 17.2 Å². The first-order chi connectivity index (χ1) is 13.2. The number of rotatable bonds is 9. The summed E-state index contributed by atoms with van der Waals surface area (Å²) in [4.78, 5) is 4.66. The van der Waals surface area contributed by atoms with E-state index in [1.807, 2.05) is 56.3 Å². The van der Waals surface area contributed by atoms with Crippen molar-refractivity contribution < 1.29 is 14.2 Å². The average molecular weight is 499 g/mol. The minimum Gasteiger partial charge on any atom is -0.497 e. The van der Waals surface area contributed by atoms with Crippen LogP contribution in [-0.4, -0.2) is 33.3 Å². The molecule has 0 atom stereocenters. The van der Waals surface area contributed by atoms with Crippen molar-refractivity contribution in [1.82, 2.24) is 10.6 Å². The van der Waals surface area contributed by atoms with Gasteiger partial charge in [-0.05, 0) is 49.2 Å². The molecule has 0 unspecified atom stereocenters. The summed E-state index contributed by atoms with van der Waals surface area (Å²) in [6.45, 7) is 6.61. The van der Waals surface area contributed by atoms with E-state index in [0.717, 1.165) is 40.9 Å². The Morgan fingerprint density at radius 2 is 1.61 bits per heavy atom. The SMILES string of the molecule is CCNC(=NCc1ccc(OC)c(OCC)c1)NCc1ccc(OC)cc1.I. The molecule has 0 radical (unpaired) electrons. The van der Waals surface area contributed by atoms with Crippen LogP contribution in [0.5, 0.6) is 17.2 Å². The Morgan fingerprint density at radius 1 is 0.893 bits per heavy atom. The molecular weight excluding hydrogens is 469 g/mol. The highest BCUT2D eigenvalue weighted by atomic mass is 127. The molecule has 0 bridgehead atoms. The minimum absolute atomic E-state index is 0. The van der Waals surface area contributed by atoms with Gasteiger partial charge in [-0.15, -0.1) is 24.0 Å². The van der Waals surface area contributed by atoms with Crippen LogP contribution in [0.4, 0.5) is 0 Å². The van der Waals surface area contributed by atoms with Crippen molar-refractivity contribution in [2.24, 2.45) is 4.99 Å². The predicted molar refractivity (Wildman–Crippen MR) is 124 cm³/mol. The van der Waals surface area contributed by atoms with Crippen LogP contribution < -0.4 is 24.8 Å². The zero-order chi connectivity index (χ0) is 19.5. The Labute approximate surface area is 184 Å². The second-order valence-electron chi connectivity index (χ2n) is 5.82. The summed E-state index contributed by atoms with van der Waals surface area (Å²) in [5.41, 5.74) is 2.21. The van der Waals surface area contributed by atoms with Gasteiger partial charge in [-0.1, -0.05) is 18.2 Å². The summed E-state index contributed by atoms with van der Waals surface area (Å²) in [6.07, 6.45) is 0. The molecule has 0 saturated carbocycles. The van der Waals surface area contributed by atoms with E-state index in [1.54, 1.807) is 14.2 Å². The van der Waals surface area contributed by atoms with E-state index in [4.69, 9.17) is 14.2 Å². The highest BCUT2D eigenvalue weighted by Crippen LogP contribution is 2.28. The van der Waals surface area contributed by atoms with Crippen molar-refractivity contribution in [3.05, 3.63) is 53.6 Å². The largest absolute Gasteiger partial charge is 0.497 e. The fourth-order valence-corrected chi connectivity index (χ4v) is 2.53. The third kappa shape index (κ3) is 7.46. The summed E-state index contributed by atoms with van der Waals surface area (Å²) in [5.74, 6) is 3.09. The van der Waals surface area contributed by atoms with E-state index >= 15 is 0 Å². The molecule has 0 amide bonds. The van der Waals surface area contributed by atoms with Crippen LogP contribution in [0.2, 0.25) is 0 Å². The van der Waals surface area contributed by atoms with Crippen LogP contribution in [0.25, 0.3) is 0 Å². The molecule has 28 heavy (non-hydrogen) atoms. The Kier molecular flexibility index (Phi) is 11.2. The number of methoxy groups -OCH3 is 2. The second-order valence-corrected chi connectivity index (χ2v) is 5.82. The van der Waals surface area contributed by atoms with Crippen molar-refractivity contribution >= 4 is 29.9 Å². The van der Waals surface area contributed by atoms with Gasteiger partial charge in [0.15, 0.2) is 17.5 Å². The first-order valence-corrected chi connectivity index (χ1v) is 9.15. The van der Waals surface area contributed by atoms with Crippen LogP contribution in [0.3, 0.4) is 0 Å². The van der Waals surface area contributed by atoms with E-state index in [2.05, 4.69) is 15.6 Å². The molecule has 0 aliphatic carbocycles. The van der Waals surface area contributed by atoms with Gasteiger partial charge in [-0.2, -0.15) is 0 Å². The Bertz CT molecular complexity index is 736. The van der Waals surface area contributed by atoms with Gasteiger partial charge < -0.3 is 24.8 Å². The van der Waals surface area contributed by atoms with E-state index in [1.165, 1.54) is 0 Å². The van der Waals surface area contributed by atoms with Gasteiger partial charge in [0, 0.05) is 13.1 Å². The third-order valence-electron chi connectivity index (χ3n) is 3.91. The van der Waals surface area contributed by atoms with Gasteiger partial charge in [-0.3, -0.25) is 0 Å². The van der Waals surface area contributed by atoms with Crippen molar-refractivity contribution in [2.75, 3.05) is 27.4 Å². The molecular formula is C21H30IN3O3. The number of nitrogens with zero attached hydrogens (tertiary/aromatic N) is 1. The standard InChI is InChI=1S/C21H29N3O3.HI/c1-5-22-21(23-14-16-7-10-18(25-3)11-8-16)24-15-17-9-12-19(26-4)20(13-17)27-6-2;/h7-13H,5-6,14-15H2,1-4H3,(H2,22,23,24);1H. The molecule has 0 heterocycles. The number of nitrogens with one attached hydrogen (secondary N) is 2. The Morgan fingerprint density at radius 3 is 2.21 bits per heavy atom. The average Bonchev–Trinajstić information content (AvgIpc) is 2.71. The normalized spacial score (nSPS) is 10.6. The van der Waals surface area contributed by atoms with Gasteiger partial charge in [0.25, 0.3) is 0 Å². The first kappa shape index (κ1) is 23.9. The van der Waals surface area contributed by atoms with Crippen LogP contribution in [0.1, 0.15) is 25.0 Å². The fraction of sp³-hybridized carbons (Fsp3) is 0.381. The smallest absolute Gasteiger partial charge is 0.191 e. The number of halogens is 1. The number of hydrogen-bond acceptors (Lipinski definition) is 4. The second kappa shape index (κ2) is 13.1. The third-order valence-corrected chi connectivity index (χ3v) is 3.91. The molecule has 0 aromatic heterocycles. The summed E-state index contributed by atoms with van der Waals surface area (Å²) < 4.78 is 16.1. The summed E-state index contributed by atoms with van der Waals surface area (Å²) in [7, 11) is 3.31. The van der Waals surface area contributed by atoms with Gasteiger partial charge in [0.1, 0.15) is 5.75 Å². The Balaban J connectivity index is 0.00000392. The summed E-state index contributed by atoms with van der Waals surface area (Å²) in [6, 6.07) is 13.9. The monoisotopic (exact) mass is 499 g/mol. The van der Waals surface area contributed by atoms with Crippen molar-refractivity contribution in [2.45, 2.75) is 26.9 Å². The van der Waals surface area contributed by atoms with E-state index in [9.17, 15) is 0 Å². The molecule has 0 fully saturated rings. The lowest BCUT2D eigenvalue weighted by atomic mass is 10.2. The maximum atomic E-state index is 5.63.